The number of likely N-dealkylation sites (N-methyl/N-ethyl adjacent to an activating group) is 2. The van der Waals surface area contributed by atoms with Crippen LogP contribution in [-0.2, 0) is 16.0 Å². The second-order valence-electron chi connectivity index (χ2n) is 9.86. The molecule has 1 saturated heterocycles. The van der Waals surface area contributed by atoms with Gasteiger partial charge in [0.15, 0.2) is 0 Å². The number of rotatable bonds is 6. The standard InChI is InChI=1S/C27H37N5O2/c1-19(2)20-5-8-23(9-6-20)29-27(34)26(33)28-18-25(32-15-13-30(3)14-16-32)21-7-10-24-22(17-21)11-12-31(24)4/h5-10,17,19,25H,11-16,18H2,1-4H3,(H,28,33)(H,29,34)/t25-/m0/s1. The first kappa shape index (κ1) is 24.2. The van der Waals surface area contributed by atoms with Gasteiger partial charge in [0, 0.05) is 57.7 Å². The lowest BCUT2D eigenvalue weighted by molar-refractivity contribution is -0.136. The Morgan fingerprint density at radius 3 is 2.24 bits per heavy atom. The zero-order valence-electron chi connectivity index (χ0n) is 20.8. The van der Waals surface area contributed by atoms with Gasteiger partial charge in [-0.2, -0.15) is 0 Å². The second kappa shape index (κ2) is 10.6. The van der Waals surface area contributed by atoms with Gasteiger partial charge in [0.2, 0.25) is 0 Å². The summed E-state index contributed by atoms with van der Waals surface area (Å²) in [6.45, 7) is 9.53. The molecule has 2 aromatic rings. The minimum absolute atomic E-state index is 0.0342. The fourth-order valence-electron chi connectivity index (χ4n) is 4.79. The molecule has 2 aromatic carbocycles. The Morgan fingerprint density at radius 2 is 1.56 bits per heavy atom. The van der Waals surface area contributed by atoms with Crippen LogP contribution in [0.5, 0.6) is 0 Å². The van der Waals surface area contributed by atoms with Crippen LogP contribution in [0.3, 0.4) is 0 Å². The molecule has 2 aliphatic heterocycles. The average Bonchev–Trinajstić information content (AvgIpc) is 3.20. The lowest BCUT2D eigenvalue weighted by Crippen LogP contribution is -2.49. The molecule has 7 nitrogen and oxygen atoms in total. The molecule has 0 aromatic heterocycles. The molecule has 0 saturated carbocycles. The zero-order chi connectivity index (χ0) is 24.2. The topological polar surface area (TPSA) is 67.9 Å². The Bertz CT molecular complexity index is 1010. The van der Waals surface area contributed by atoms with Crippen molar-refractivity contribution in [2.45, 2.75) is 32.2 Å². The number of amides is 2. The summed E-state index contributed by atoms with van der Waals surface area (Å²) in [5, 5.41) is 5.62. The van der Waals surface area contributed by atoms with E-state index in [4.69, 9.17) is 0 Å². The normalized spacial score (nSPS) is 17.5. The Kier molecular flexibility index (Phi) is 7.54. The van der Waals surface area contributed by atoms with Gasteiger partial charge in [-0.1, -0.05) is 38.1 Å². The Balaban J connectivity index is 1.43. The van der Waals surface area contributed by atoms with Crippen LogP contribution in [0, 0.1) is 0 Å². The van der Waals surface area contributed by atoms with E-state index < -0.39 is 11.8 Å². The van der Waals surface area contributed by atoms with E-state index in [9.17, 15) is 9.59 Å². The fourth-order valence-corrected chi connectivity index (χ4v) is 4.79. The van der Waals surface area contributed by atoms with Crippen molar-refractivity contribution >= 4 is 23.2 Å². The number of benzene rings is 2. The third-order valence-electron chi connectivity index (χ3n) is 7.09. The van der Waals surface area contributed by atoms with Crippen molar-refractivity contribution in [3.63, 3.8) is 0 Å². The highest BCUT2D eigenvalue weighted by Crippen LogP contribution is 2.31. The maximum absolute atomic E-state index is 12.7. The SMILES string of the molecule is CC(C)c1ccc(NC(=O)C(=O)NC[C@@H](c2ccc3c(c2)CCN3C)N2CCN(C)CC2)cc1. The summed E-state index contributed by atoms with van der Waals surface area (Å²) in [6, 6.07) is 14.3. The summed E-state index contributed by atoms with van der Waals surface area (Å²) in [4.78, 5) is 32.2. The molecule has 2 aliphatic rings. The van der Waals surface area contributed by atoms with Crippen molar-refractivity contribution in [2.24, 2.45) is 0 Å². The van der Waals surface area contributed by atoms with Gasteiger partial charge in [0.05, 0.1) is 6.04 Å². The van der Waals surface area contributed by atoms with Gasteiger partial charge < -0.3 is 20.4 Å². The number of nitrogens with one attached hydrogen (secondary N) is 2. The highest BCUT2D eigenvalue weighted by molar-refractivity contribution is 6.39. The van der Waals surface area contributed by atoms with Crippen LogP contribution in [-0.4, -0.2) is 75.0 Å². The first-order valence-electron chi connectivity index (χ1n) is 12.3. The number of anilines is 2. The van der Waals surface area contributed by atoms with E-state index in [1.165, 1.54) is 22.4 Å². The largest absolute Gasteiger partial charge is 0.374 e. The summed E-state index contributed by atoms with van der Waals surface area (Å²) < 4.78 is 0. The van der Waals surface area contributed by atoms with Gasteiger partial charge in [0.25, 0.3) is 0 Å². The number of hydrogen-bond donors (Lipinski definition) is 2. The first-order chi connectivity index (χ1) is 16.3. The molecule has 7 heteroatoms. The quantitative estimate of drug-likeness (QED) is 0.645. The van der Waals surface area contributed by atoms with Crippen molar-refractivity contribution in [3.8, 4) is 0 Å². The van der Waals surface area contributed by atoms with Gasteiger partial charge >= 0.3 is 11.8 Å². The van der Waals surface area contributed by atoms with Crippen molar-refractivity contribution in [2.75, 3.05) is 63.6 Å². The van der Waals surface area contributed by atoms with E-state index in [-0.39, 0.29) is 6.04 Å². The molecule has 4 rings (SSSR count). The Labute approximate surface area is 203 Å². The molecule has 1 fully saturated rings. The molecule has 2 N–H and O–H groups in total. The molecule has 2 heterocycles. The molecule has 1 atom stereocenters. The van der Waals surface area contributed by atoms with Crippen molar-refractivity contribution in [1.29, 1.82) is 0 Å². The summed E-state index contributed by atoms with van der Waals surface area (Å²) in [7, 11) is 4.26. The van der Waals surface area contributed by atoms with E-state index in [0.29, 0.717) is 18.2 Å². The number of piperazine rings is 1. The van der Waals surface area contributed by atoms with E-state index >= 15 is 0 Å². The summed E-state index contributed by atoms with van der Waals surface area (Å²) in [6.07, 6.45) is 1.04. The van der Waals surface area contributed by atoms with Crippen LogP contribution in [0.15, 0.2) is 42.5 Å². The smallest absolute Gasteiger partial charge is 0.313 e. The van der Waals surface area contributed by atoms with Gasteiger partial charge in [-0.3, -0.25) is 14.5 Å². The molecular weight excluding hydrogens is 426 g/mol. The number of carbonyl (C=O) groups is 2. The maximum Gasteiger partial charge on any atom is 0.313 e. The molecule has 0 bridgehead atoms. The maximum atomic E-state index is 12.7. The molecule has 0 spiro atoms. The number of carbonyl (C=O) groups excluding carboxylic acids is 2. The van der Waals surface area contributed by atoms with Crippen LogP contribution in [0.25, 0.3) is 0 Å². The average molecular weight is 464 g/mol. The third-order valence-corrected chi connectivity index (χ3v) is 7.09. The molecule has 182 valence electrons. The highest BCUT2D eigenvalue weighted by atomic mass is 16.2. The van der Waals surface area contributed by atoms with Crippen molar-refractivity contribution < 1.29 is 9.59 Å². The number of fused-ring (bicyclic) bond motifs is 1. The van der Waals surface area contributed by atoms with Gasteiger partial charge in [-0.15, -0.1) is 0 Å². The molecule has 0 radical (unpaired) electrons. The molecule has 2 amide bonds. The van der Waals surface area contributed by atoms with Crippen LogP contribution in [0.4, 0.5) is 11.4 Å². The number of hydrogen-bond acceptors (Lipinski definition) is 5. The minimum atomic E-state index is -0.634. The summed E-state index contributed by atoms with van der Waals surface area (Å²) >= 11 is 0. The summed E-state index contributed by atoms with van der Waals surface area (Å²) in [5.74, 6) is -0.822. The highest BCUT2D eigenvalue weighted by Gasteiger charge is 2.27. The molecule has 0 unspecified atom stereocenters. The number of nitrogens with zero attached hydrogens (tertiary/aromatic N) is 3. The monoisotopic (exact) mass is 463 g/mol. The van der Waals surface area contributed by atoms with Gasteiger partial charge in [-0.25, -0.2) is 0 Å². The zero-order valence-corrected chi connectivity index (χ0v) is 20.8. The summed E-state index contributed by atoms with van der Waals surface area (Å²) in [5.41, 5.74) is 5.66. The predicted octanol–water partition coefficient (Wildman–Crippen LogP) is 2.85. The van der Waals surface area contributed by atoms with Crippen LogP contribution < -0.4 is 15.5 Å². The van der Waals surface area contributed by atoms with Gasteiger partial charge in [0.1, 0.15) is 0 Å². The van der Waals surface area contributed by atoms with Crippen LogP contribution in [0.2, 0.25) is 0 Å². The van der Waals surface area contributed by atoms with E-state index in [1.807, 2.05) is 24.3 Å². The first-order valence-corrected chi connectivity index (χ1v) is 12.3. The van der Waals surface area contributed by atoms with E-state index in [0.717, 1.165) is 39.1 Å². The predicted molar refractivity (Wildman–Crippen MR) is 137 cm³/mol. The Morgan fingerprint density at radius 1 is 0.882 bits per heavy atom. The van der Waals surface area contributed by atoms with E-state index in [1.54, 1.807) is 0 Å². The third kappa shape index (κ3) is 5.59. The molecular formula is C27H37N5O2. The minimum Gasteiger partial charge on any atom is -0.374 e. The second-order valence-corrected chi connectivity index (χ2v) is 9.86. The lowest BCUT2D eigenvalue weighted by Gasteiger charge is -2.38. The fraction of sp³-hybridized carbons (Fsp3) is 0.481. The van der Waals surface area contributed by atoms with Crippen LogP contribution in [0.1, 0.15) is 42.5 Å². The molecule has 0 aliphatic carbocycles. The van der Waals surface area contributed by atoms with E-state index in [2.05, 4.69) is 71.5 Å². The van der Waals surface area contributed by atoms with Crippen LogP contribution >= 0.6 is 0 Å². The lowest BCUT2D eigenvalue weighted by atomic mass is 10.00. The van der Waals surface area contributed by atoms with Gasteiger partial charge in [-0.05, 0) is 54.3 Å². The van der Waals surface area contributed by atoms with Crippen molar-refractivity contribution in [1.82, 2.24) is 15.1 Å². The molecule has 34 heavy (non-hydrogen) atoms. The Hall–Kier alpha value is -2.90. The van der Waals surface area contributed by atoms with Crippen molar-refractivity contribution in [3.05, 3.63) is 59.2 Å².